The molecule has 0 bridgehead atoms. The van der Waals surface area contributed by atoms with Crippen LogP contribution in [0.3, 0.4) is 0 Å². The van der Waals surface area contributed by atoms with Gasteiger partial charge in [0.05, 0.1) is 6.20 Å². The van der Waals surface area contributed by atoms with Crippen molar-refractivity contribution in [3.63, 3.8) is 0 Å². The van der Waals surface area contributed by atoms with Crippen LogP contribution in [0.25, 0.3) is 21.3 Å². The fraction of sp³-hybridized carbons (Fsp3) is 0.250. The SMILES string of the molecule is CO/N=C1\CCCc2oc(-c3cnc(-c4cccnc4)s3)nc21. The summed E-state index contributed by atoms with van der Waals surface area (Å²) in [6, 6.07) is 3.88. The summed E-state index contributed by atoms with van der Waals surface area (Å²) in [4.78, 5) is 19.0. The molecule has 0 unspecified atom stereocenters. The lowest BCUT2D eigenvalue weighted by Crippen LogP contribution is -2.11. The molecule has 3 aromatic rings. The van der Waals surface area contributed by atoms with Gasteiger partial charge in [-0.25, -0.2) is 9.97 Å². The average molecular weight is 326 g/mol. The number of pyridine rings is 1. The Balaban J connectivity index is 1.70. The molecule has 4 rings (SSSR count). The Kier molecular flexibility index (Phi) is 3.63. The molecule has 0 radical (unpaired) electrons. The normalized spacial score (nSPS) is 15.6. The van der Waals surface area contributed by atoms with Crippen LogP contribution in [0.2, 0.25) is 0 Å². The zero-order valence-corrected chi connectivity index (χ0v) is 13.3. The number of aromatic nitrogens is 3. The van der Waals surface area contributed by atoms with E-state index in [1.807, 2.05) is 12.1 Å². The van der Waals surface area contributed by atoms with E-state index in [0.29, 0.717) is 5.89 Å². The summed E-state index contributed by atoms with van der Waals surface area (Å²) >= 11 is 1.54. The van der Waals surface area contributed by atoms with E-state index < -0.39 is 0 Å². The Morgan fingerprint density at radius 3 is 3.09 bits per heavy atom. The number of oxazole rings is 1. The van der Waals surface area contributed by atoms with E-state index in [9.17, 15) is 0 Å². The van der Waals surface area contributed by atoms with Gasteiger partial charge in [-0.1, -0.05) is 5.16 Å². The third-order valence-electron chi connectivity index (χ3n) is 3.61. The highest BCUT2D eigenvalue weighted by Crippen LogP contribution is 2.34. The summed E-state index contributed by atoms with van der Waals surface area (Å²) in [5.41, 5.74) is 2.65. The summed E-state index contributed by atoms with van der Waals surface area (Å²) in [7, 11) is 1.55. The molecule has 1 aliphatic rings. The van der Waals surface area contributed by atoms with Crippen LogP contribution in [0.4, 0.5) is 0 Å². The van der Waals surface area contributed by atoms with Crippen molar-refractivity contribution in [1.29, 1.82) is 0 Å². The minimum atomic E-state index is 0.591. The van der Waals surface area contributed by atoms with Crippen molar-refractivity contribution < 1.29 is 9.25 Å². The fourth-order valence-electron chi connectivity index (χ4n) is 2.58. The predicted molar refractivity (Wildman–Crippen MR) is 87.3 cm³/mol. The fourth-order valence-corrected chi connectivity index (χ4v) is 3.41. The van der Waals surface area contributed by atoms with E-state index in [-0.39, 0.29) is 0 Å². The molecular weight excluding hydrogens is 312 g/mol. The summed E-state index contributed by atoms with van der Waals surface area (Å²) in [6.45, 7) is 0. The number of thiazole rings is 1. The minimum absolute atomic E-state index is 0.591. The van der Waals surface area contributed by atoms with Gasteiger partial charge in [0.2, 0.25) is 5.89 Å². The quantitative estimate of drug-likeness (QED) is 0.688. The molecule has 0 amide bonds. The van der Waals surface area contributed by atoms with Crippen LogP contribution in [-0.4, -0.2) is 27.8 Å². The van der Waals surface area contributed by atoms with E-state index in [2.05, 4.69) is 20.1 Å². The summed E-state index contributed by atoms with van der Waals surface area (Å²) in [5, 5.41) is 4.96. The highest BCUT2D eigenvalue weighted by atomic mass is 32.1. The van der Waals surface area contributed by atoms with Crippen LogP contribution in [0.1, 0.15) is 24.3 Å². The lowest BCUT2D eigenvalue weighted by molar-refractivity contribution is 0.212. The van der Waals surface area contributed by atoms with Gasteiger partial charge >= 0.3 is 0 Å². The average Bonchev–Trinajstić information content (AvgIpc) is 3.23. The Morgan fingerprint density at radius 2 is 2.26 bits per heavy atom. The standard InChI is InChI=1S/C16H14N4O2S/c1-21-20-11-5-2-6-12-14(11)19-15(22-12)13-9-18-16(23-13)10-4-3-7-17-8-10/h3-4,7-9H,2,5-6H2,1H3/b20-11+. The third kappa shape index (κ3) is 2.63. The van der Waals surface area contributed by atoms with Crippen molar-refractivity contribution in [3.05, 3.63) is 42.2 Å². The molecule has 0 aliphatic heterocycles. The molecule has 0 atom stereocenters. The molecule has 3 aromatic heterocycles. The van der Waals surface area contributed by atoms with Crippen molar-refractivity contribution in [2.75, 3.05) is 7.11 Å². The number of nitrogens with zero attached hydrogens (tertiary/aromatic N) is 4. The van der Waals surface area contributed by atoms with Crippen LogP contribution in [0, 0.1) is 0 Å². The Labute approximate surface area is 136 Å². The molecule has 0 saturated heterocycles. The number of fused-ring (bicyclic) bond motifs is 1. The highest BCUT2D eigenvalue weighted by Gasteiger charge is 2.24. The second-order valence-corrected chi connectivity index (χ2v) is 6.17. The lowest BCUT2D eigenvalue weighted by atomic mass is 10.0. The molecule has 0 N–H and O–H groups in total. The van der Waals surface area contributed by atoms with Crippen LogP contribution in [-0.2, 0) is 11.3 Å². The zero-order chi connectivity index (χ0) is 15.6. The molecule has 23 heavy (non-hydrogen) atoms. The second kappa shape index (κ2) is 5.92. The Bertz CT molecular complexity index is 854. The van der Waals surface area contributed by atoms with E-state index in [4.69, 9.17) is 9.25 Å². The van der Waals surface area contributed by atoms with Crippen LogP contribution in [0.5, 0.6) is 0 Å². The first kappa shape index (κ1) is 14.1. The summed E-state index contributed by atoms with van der Waals surface area (Å²) < 4.78 is 5.93. The maximum atomic E-state index is 5.93. The number of oxime groups is 1. The first-order chi connectivity index (χ1) is 11.3. The Morgan fingerprint density at radius 1 is 1.30 bits per heavy atom. The number of hydrogen-bond donors (Lipinski definition) is 0. The van der Waals surface area contributed by atoms with Crippen LogP contribution >= 0.6 is 11.3 Å². The molecule has 3 heterocycles. The van der Waals surface area contributed by atoms with Crippen molar-refractivity contribution in [2.45, 2.75) is 19.3 Å². The van der Waals surface area contributed by atoms with Gasteiger partial charge in [0.1, 0.15) is 34.2 Å². The first-order valence-corrected chi connectivity index (χ1v) is 8.13. The van der Waals surface area contributed by atoms with Gasteiger partial charge < -0.3 is 9.25 Å². The Hall–Kier alpha value is -2.54. The van der Waals surface area contributed by atoms with E-state index in [1.165, 1.54) is 11.3 Å². The lowest BCUT2D eigenvalue weighted by Gasteiger charge is -2.09. The molecule has 0 saturated carbocycles. The highest BCUT2D eigenvalue weighted by molar-refractivity contribution is 7.18. The maximum Gasteiger partial charge on any atom is 0.238 e. The second-order valence-electron chi connectivity index (χ2n) is 5.14. The number of hydrogen-bond acceptors (Lipinski definition) is 7. The molecular formula is C16H14N4O2S. The maximum absolute atomic E-state index is 5.93. The van der Waals surface area contributed by atoms with Crippen LogP contribution < -0.4 is 0 Å². The molecule has 0 fully saturated rings. The summed E-state index contributed by atoms with van der Waals surface area (Å²) in [5.74, 6) is 1.46. The molecule has 0 aromatic carbocycles. The number of rotatable bonds is 3. The number of aryl methyl sites for hydroxylation is 1. The van der Waals surface area contributed by atoms with Crippen molar-refractivity contribution in [3.8, 4) is 21.3 Å². The van der Waals surface area contributed by atoms with E-state index in [1.54, 1.807) is 25.7 Å². The van der Waals surface area contributed by atoms with Gasteiger partial charge in [-0.2, -0.15) is 0 Å². The molecule has 6 nitrogen and oxygen atoms in total. The summed E-state index contributed by atoms with van der Waals surface area (Å²) in [6.07, 6.45) is 8.06. The predicted octanol–water partition coefficient (Wildman–Crippen LogP) is 3.55. The van der Waals surface area contributed by atoms with Crippen molar-refractivity contribution in [1.82, 2.24) is 15.0 Å². The third-order valence-corrected chi connectivity index (χ3v) is 4.65. The van der Waals surface area contributed by atoms with Gasteiger partial charge in [-0.15, -0.1) is 11.3 Å². The topological polar surface area (TPSA) is 73.4 Å². The van der Waals surface area contributed by atoms with E-state index >= 15 is 0 Å². The van der Waals surface area contributed by atoms with Gasteiger partial charge in [0.25, 0.3) is 0 Å². The van der Waals surface area contributed by atoms with Crippen LogP contribution in [0.15, 0.2) is 40.3 Å². The smallest absolute Gasteiger partial charge is 0.238 e. The molecule has 116 valence electrons. The van der Waals surface area contributed by atoms with Gasteiger partial charge in [-0.3, -0.25) is 4.98 Å². The monoisotopic (exact) mass is 326 g/mol. The van der Waals surface area contributed by atoms with Crippen molar-refractivity contribution >= 4 is 17.0 Å². The molecule has 7 heteroatoms. The largest absolute Gasteiger partial charge is 0.440 e. The molecule has 1 aliphatic carbocycles. The van der Waals surface area contributed by atoms with Crippen molar-refractivity contribution in [2.24, 2.45) is 5.16 Å². The van der Waals surface area contributed by atoms with Gasteiger partial charge in [0.15, 0.2) is 0 Å². The van der Waals surface area contributed by atoms with Gasteiger partial charge in [-0.05, 0) is 25.0 Å². The minimum Gasteiger partial charge on any atom is -0.440 e. The molecule has 0 spiro atoms. The zero-order valence-electron chi connectivity index (χ0n) is 12.5. The first-order valence-electron chi connectivity index (χ1n) is 7.32. The van der Waals surface area contributed by atoms with Gasteiger partial charge in [0, 0.05) is 24.4 Å². The van der Waals surface area contributed by atoms with E-state index in [0.717, 1.165) is 51.9 Å².